The van der Waals surface area contributed by atoms with Crippen molar-refractivity contribution in [1.29, 1.82) is 0 Å². The molecule has 3 atom stereocenters. The summed E-state index contributed by atoms with van der Waals surface area (Å²) < 4.78 is 12.7. The third-order valence-corrected chi connectivity index (χ3v) is 7.08. The molecule has 0 spiro atoms. The van der Waals surface area contributed by atoms with Crippen LogP contribution in [0.1, 0.15) is 27.8 Å². The number of hydrogen-bond acceptors (Lipinski definition) is 8. The molecule has 202 valence electrons. The molecule has 0 aliphatic carbocycles. The first-order valence-corrected chi connectivity index (χ1v) is 12.7. The number of ether oxygens (including phenoxy) is 2. The van der Waals surface area contributed by atoms with Crippen molar-refractivity contribution in [3.63, 3.8) is 0 Å². The Morgan fingerprint density at radius 1 is 0.875 bits per heavy atom. The molecule has 2 amide bonds. The summed E-state index contributed by atoms with van der Waals surface area (Å²) >= 11 is 0. The number of para-hydroxylation sites is 2. The van der Waals surface area contributed by atoms with E-state index in [1.54, 1.807) is 67.6 Å². The van der Waals surface area contributed by atoms with Gasteiger partial charge in [-0.3, -0.25) is 19.1 Å². The molecule has 0 radical (unpaired) electrons. The zero-order valence-electron chi connectivity index (χ0n) is 22.1. The minimum atomic E-state index is -1.01. The molecule has 10 nitrogen and oxygen atoms in total. The standard InChI is InChI=1S/C30H26N4O6/c1-18-16-22(32(2)31-18)30(37)39-23-15-14-19(17-24(23)38-3)26-25-27(40-34(26)21-12-8-5-9-13-21)29(36)33(28(25)35)20-10-6-4-7-11-20/h4-17,25-27H,1-3H3/t25-,26+,27+/m1/s1. The SMILES string of the molecule is COc1cc([C@H]2[C@H]3C(=O)N(c4ccccc4)C(=O)[C@H]3ON2c2ccccc2)ccc1OC(=O)c1cc(C)nn1C. The van der Waals surface area contributed by atoms with Crippen molar-refractivity contribution in [2.24, 2.45) is 13.0 Å². The van der Waals surface area contributed by atoms with Gasteiger partial charge in [0.05, 0.1) is 30.2 Å². The third-order valence-electron chi connectivity index (χ3n) is 7.08. The van der Waals surface area contributed by atoms with Crippen LogP contribution >= 0.6 is 0 Å². The molecule has 2 aliphatic rings. The van der Waals surface area contributed by atoms with Crippen molar-refractivity contribution in [1.82, 2.24) is 9.78 Å². The Morgan fingerprint density at radius 2 is 1.55 bits per heavy atom. The second-order valence-electron chi connectivity index (χ2n) is 9.60. The predicted octanol–water partition coefficient (Wildman–Crippen LogP) is 4.01. The van der Waals surface area contributed by atoms with Crippen molar-refractivity contribution >= 4 is 29.2 Å². The molecule has 2 saturated heterocycles. The van der Waals surface area contributed by atoms with E-state index in [0.29, 0.717) is 28.3 Å². The van der Waals surface area contributed by atoms with Gasteiger partial charge in [0, 0.05) is 7.05 Å². The van der Waals surface area contributed by atoms with E-state index in [1.165, 1.54) is 16.7 Å². The number of hydrogen-bond donors (Lipinski definition) is 0. The molecule has 10 heteroatoms. The van der Waals surface area contributed by atoms with Crippen LogP contribution in [0.4, 0.5) is 11.4 Å². The Labute approximate surface area is 230 Å². The lowest BCUT2D eigenvalue weighted by atomic mass is 9.90. The van der Waals surface area contributed by atoms with E-state index in [4.69, 9.17) is 14.3 Å². The van der Waals surface area contributed by atoms with Gasteiger partial charge in [0.2, 0.25) is 5.91 Å². The molecule has 3 aromatic carbocycles. The largest absolute Gasteiger partial charge is 0.493 e. The maximum absolute atomic E-state index is 13.8. The minimum absolute atomic E-state index is 0.205. The van der Waals surface area contributed by atoms with Crippen LogP contribution in [-0.2, 0) is 21.5 Å². The van der Waals surface area contributed by atoms with Crippen molar-refractivity contribution in [2.45, 2.75) is 19.1 Å². The lowest BCUT2D eigenvalue weighted by molar-refractivity contribution is -0.126. The van der Waals surface area contributed by atoms with Crippen molar-refractivity contribution < 1.29 is 28.7 Å². The van der Waals surface area contributed by atoms with E-state index in [2.05, 4.69) is 5.10 Å². The quantitative estimate of drug-likeness (QED) is 0.206. The summed E-state index contributed by atoms with van der Waals surface area (Å²) in [5, 5.41) is 5.80. The number of carbonyl (C=O) groups is 3. The molecule has 6 rings (SSSR count). The maximum atomic E-state index is 13.8. The highest BCUT2D eigenvalue weighted by atomic mass is 16.7. The summed E-state index contributed by atoms with van der Waals surface area (Å²) in [6, 6.07) is 24.1. The molecular formula is C30H26N4O6. The number of nitrogens with zero attached hydrogens (tertiary/aromatic N) is 4. The number of methoxy groups -OCH3 is 1. The van der Waals surface area contributed by atoms with Gasteiger partial charge in [-0.1, -0.05) is 42.5 Å². The number of aromatic nitrogens is 2. The molecule has 2 aliphatic heterocycles. The highest BCUT2D eigenvalue weighted by Gasteiger charge is 2.60. The van der Waals surface area contributed by atoms with Crippen molar-refractivity contribution in [2.75, 3.05) is 17.1 Å². The molecule has 1 aromatic heterocycles. The maximum Gasteiger partial charge on any atom is 0.362 e. The Balaban J connectivity index is 1.38. The summed E-state index contributed by atoms with van der Waals surface area (Å²) in [5.74, 6) is -1.68. The molecule has 0 N–H and O–H groups in total. The smallest absolute Gasteiger partial charge is 0.362 e. The second-order valence-corrected chi connectivity index (χ2v) is 9.60. The molecule has 4 aromatic rings. The number of benzene rings is 3. The van der Waals surface area contributed by atoms with E-state index >= 15 is 0 Å². The number of amides is 2. The highest BCUT2D eigenvalue weighted by molar-refractivity contribution is 6.23. The van der Waals surface area contributed by atoms with Crippen LogP contribution in [0.2, 0.25) is 0 Å². The zero-order chi connectivity index (χ0) is 28.0. The first-order valence-electron chi connectivity index (χ1n) is 12.7. The molecule has 0 saturated carbocycles. The molecular weight excluding hydrogens is 512 g/mol. The fourth-order valence-electron chi connectivity index (χ4n) is 5.29. The van der Waals surface area contributed by atoms with Crippen LogP contribution < -0.4 is 19.4 Å². The normalized spacial score (nSPS) is 20.1. The average molecular weight is 539 g/mol. The van der Waals surface area contributed by atoms with Crippen molar-refractivity contribution in [3.8, 4) is 11.5 Å². The van der Waals surface area contributed by atoms with Crippen LogP contribution in [0.3, 0.4) is 0 Å². The minimum Gasteiger partial charge on any atom is -0.493 e. The molecule has 0 unspecified atom stereocenters. The molecule has 40 heavy (non-hydrogen) atoms. The van der Waals surface area contributed by atoms with E-state index in [1.807, 2.05) is 36.4 Å². The molecule has 3 heterocycles. The third kappa shape index (κ3) is 4.18. The number of rotatable bonds is 6. The number of esters is 1. The van der Waals surface area contributed by atoms with Crippen LogP contribution in [0.15, 0.2) is 84.9 Å². The van der Waals surface area contributed by atoms with Gasteiger partial charge < -0.3 is 9.47 Å². The summed E-state index contributed by atoms with van der Waals surface area (Å²) in [6.07, 6.45) is -1.01. The monoisotopic (exact) mass is 538 g/mol. The first kappa shape index (κ1) is 25.3. The van der Waals surface area contributed by atoms with Crippen LogP contribution in [0.25, 0.3) is 0 Å². The summed E-state index contributed by atoms with van der Waals surface area (Å²) in [4.78, 5) is 47.5. The first-order chi connectivity index (χ1) is 19.4. The predicted molar refractivity (Wildman–Crippen MR) is 145 cm³/mol. The second kappa shape index (κ2) is 9.97. The van der Waals surface area contributed by atoms with Crippen LogP contribution in [0.5, 0.6) is 11.5 Å². The average Bonchev–Trinajstić information content (AvgIpc) is 3.60. The summed E-state index contributed by atoms with van der Waals surface area (Å²) in [5.41, 5.74) is 2.82. The van der Waals surface area contributed by atoms with Gasteiger partial charge >= 0.3 is 5.97 Å². The summed E-state index contributed by atoms with van der Waals surface area (Å²) in [7, 11) is 3.13. The lowest BCUT2D eigenvalue weighted by Gasteiger charge is -2.29. The van der Waals surface area contributed by atoms with Gasteiger partial charge in [-0.15, -0.1) is 0 Å². The van der Waals surface area contributed by atoms with E-state index < -0.39 is 29.9 Å². The van der Waals surface area contributed by atoms with E-state index in [-0.39, 0.29) is 17.4 Å². The Hall–Kier alpha value is -4.96. The number of imide groups is 1. The zero-order valence-corrected chi connectivity index (χ0v) is 22.1. The molecule has 2 fully saturated rings. The van der Waals surface area contributed by atoms with Gasteiger partial charge in [-0.05, 0) is 55.0 Å². The fourth-order valence-corrected chi connectivity index (χ4v) is 5.29. The topological polar surface area (TPSA) is 103 Å². The Bertz CT molecular complexity index is 1600. The van der Waals surface area contributed by atoms with E-state index in [0.717, 1.165) is 0 Å². The number of anilines is 2. The van der Waals surface area contributed by atoms with Gasteiger partial charge in [-0.2, -0.15) is 5.10 Å². The van der Waals surface area contributed by atoms with Crippen molar-refractivity contribution in [3.05, 3.63) is 102 Å². The van der Waals surface area contributed by atoms with Gasteiger partial charge in [0.25, 0.3) is 5.91 Å². The number of aryl methyl sites for hydroxylation is 2. The van der Waals surface area contributed by atoms with Crippen LogP contribution in [-0.4, -0.2) is 40.8 Å². The van der Waals surface area contributed by atoms with Gasteiger partial charge in [0.1, 0.15) is 11.6 Å². The fraction of sp³-hybridized carbons (Fsp3) is 0.200. The summed E-state index contributed by atoms with van der Waals surface area (Å²) in [6.45, 7) is 1.79. The van der Waals surface area contributed by atoms with E-state index in [9.17, 15) is 14.4 Å². The number of carbonyl (C=O) groups excluding carboxylic acids is 3. The van der Waals surface area contributed by atoms with Crippen LogP contribution in [0, 0.1) is 12.8 Å². The lowest BCUT2D eigenvalue weighted by Crippen LogP contribution is -2.37. The Kier molecular flexibility index (Phi) is 6.31. The van der Waals surface area contributed by atoms with Gasteiger partial charge in [-0.25, -0.2) is 14.8 Å². The Morgan fingerprint density at radius 3 is 2.17 bits per heavy atom. The number of fused-ring (bicyclic) bond motifs is 1. The number of hydroxylamine groups is 1. The molecule has 0 bridgehead atoms. The van der Waals surface area contributed by atoms with Gasteiger partial charge in [0.15, 0.2) is 17.6 Å². The highest BCUT2D eigenvalue weighted by Crippen LogP contribution is 2.48.